The second-order valence-corrected chi connectivity index (χ2v) is 9.58. The molecule has 2 fully saturated rings. The molecular weight excluding hydrogens is 444 g/mol. The van der Waals surface area contributed by atoms with Crippen LogP contribution < -0.4 is 16.0 Å². The van der Waals surface area contributed by atoms with Crippen LogP contribution in [0.5, 0.6) is 0 Å². The molecule has 2 atom stereocenters. The number of pyridine rings is 1. The average Bonchev–Trinajstić information content (AvgIpc) is 3.62. The van der Waals surface area contributed by atoms with Crippen LogP contribution in [0, 0.1) is 5.92 Å². The second kappa shape index (κ2) is 9.44. The van der Waals surface area contributed by atoms with E-state index in [1.54, 1.807) is 0 Å². The summed E-state index contributed by atoms with van der Waals surface area (Å²) in [6.07, 6.45) is 10.3. The fourth-order valence-electron chi connectivity index (χ4n) is 4.76. The van der Waals surface area contributed by atoms with Gasteiger partial charge < -0.3 is 20.5 Å². The Morgan fingerprint density at radius 2 is 2.00 bits per heavy atom. The number of nitrogens with two attached hydrogens (primary N) is 1. The number of primary amides is 1. The minimum absolute atomic E-state index is 0.0178. The Bertz CT molecular complexity index is 1230. The average molecular weight is 475 g/mol. The van der Waals surface area contributed by atoms with Gasteiger partial charge in [-0.2, -0.15) is 4.98 Å². The van der Waals surface area contributed by atoms with Gasteiger partial charge in [0.25, 0.3) is 5.91 Å². The summed E-state index contributed by atoms with van der Waals surface area (Å²) in [6, 6.07) is 5.78. The molecule has 0 unspecified atom stereocenters. The van der Waals surface area contributed by atoms with E-state index in [0.717, 1.165) is 25.1 Å². The fourth-order valence-corrected chi connectivity index (χ4v) is 4.76. The third-order valence-electron chi connectivity index (χ3n) is 6.98. The van der Waals surface area contributed by atoms with Gasteiger partial charge >= 0.3 is 0 Å². The molecule has 1 aliphatic heterocycles. The van der Waals surface area contributed by atoms with Crippen molar-refractivity contribution in [1.29, 1.82) is 0 Å². The van der Waals surface area contributed by atoms with Crippen LogP contribution >= 0.6 is 0 Å². The highest BCUT2D eigenvalue weighted by molar-refractivity contribution is 5.96. The molecule has 0 aromatic carbocycles. The minimum Gasteiger partial charge on any atom is -0.364 e. The van der Waals surface area contributed by atoms with Crippen molar-refractivity contribution in [2.45, 2.75) is 51.0 Å². The maximum absolute atomic E-state index is 13.0. The van der Waals surface area contributed by atoms with Gasteiger partial charge in [0.1, 0.15) is 5.69 Å². The van der Waals surface area contributed by atoms with E-state index in [1.165, 1.54) is 18.4 Å². The smallest absolute Gasteiger partial charge is 0.273 e. The van der Waals surface area contributed by atoms with Crippen molar-refractivity contribution in [2.75, 3.05) is 16.8 Å². The molecule has 35 heavy (non-hydrogen) atoms. The SMILES string of the molecule is C[C@@H]1[C@H](CC(=O)c2ccc(C3CC3)cn2)CCCN1c1nnc(C(N)=O)c(Nc2ccn(C)c2)n1. The zero-order valence-corrected chi connectivity index (χ0v) is 20.0. The lowest BCUT2D eigenvalue weighted by atomic mass is 9.85. The molecule has 0 radical (unpaired) electrons. The first-order valence-corrected chi connectivity index (χ1v) is 12.1. The van der Waals surface area contributed by atoms with E-state index in [4.69, 9.17) is 5.73 Å². The lowest BCUT2D eigenvalue weighted by molar-refractivity contribution is 0.0939. The van der Waals surface area contributed by atoms with Gasteiger partial charge in [0.15, 0.2) is 17.3 Å². The lowest BCUT2D eigenvalue weighted by Gasteiger charge is -2.39. The van der Waals surface area contributed by atoms with Crippen LogP contribution in [0.2, 0.25) is 0 Å². The molecule has 0 bridgehead atoms. The summed E-state index contributed by atoms with van der Waals surface area (Å²) in [7, 11) is 1.90. The van der Waals surface area contributed by atoms with Gasteiger partial charge in [-0.05, 0) is 62.1 Å². The predicted molar refractivity (Wildman–Crippen MR) is 132 cm³/mol. The van der Waals surface area contributed by atoms with Gasteiger partial charge in [-0.15, -0.1) is 10.2 Å². The number of hydrogen-bond acceptors (Lipinski definition) is 8. The number of nitrogens with one attached hydrogen (secondary N) is 1. The summed E-state index contributed by atoms with van der Waals surface area (Å²) in [5, 5.41) is 11.4. The molecule has 3 N–H and O–H groups in total. The Morgan fingerprint density at radius 3 is 2.66 bits per heavy atom. The molecule has 3 aromatic rings. The first-order valence-electron chi connectivity index (χ1n) is 12.1. The Hall–Kier alpha value is -3.82. The molecule has 10 heteroatoms. The Morgan fingerprint density at radius 1 is 1.17 bits per heavy atom. The van der Waals surface area contributed by atoms with E-state index >= 15 is 0 Å². The number of carbonyl (C=O) groups excluding carboxylic acids is 2. The van der Waals surface area contributed by atoms with Crippen LogP contribution in [-0.4, -0.2) is 49.0 Å². The topological polar surface area (TPSA) is 132 Å². The summed E-state index contributed by atoms with van der Waals surface area (Å²) >= 11 is 0. The van der Waals surface area contributed by atoms with Gasteiger partial charge in [-0.1, -0.05) is 6.07 Å². The van der Waals surface area contributed by atoms with E-state index in [-0.39, 0.29) is 29.3 Å². The number of piperidine rings is 1. The van der Waals surface area contributed by atoms with Gasteiger partial charge in [-0.3, -0.25) is 14.6 Å². The van der Waals surface area contributed by atoms with Crippen LogP contribution in [0.15, 0.2) is 36.8 Å². The van der Waals surface area contributed by atoms with Gasteiger partial charge in [-0.25, -0.2) is 0 Å². The van der Waals surface area contributed by atoms with E-state index < -0.39 is 5.91 Å². The zero-order valence-electron chi connectivity index (χ0n) is 20.0. The molecule has 10 nitrogen and oxygen atoms in total. The number of hydrogen-bond donors (Lipinski definition) is 2. The molecular formula is C25H30N8O2. The van der Waals surface area contributed by atoms with Crippen LogP contribution in [0.1, 0.15) is 71.5 Å². The number of Topliss-reactive ketones (excluding diaryl/α,β-unsaturated/α-hetero) is 1. The summed E-state index contributed by atoms with van der Waals surface area (Å²) in [6.45, 7) is 2.82. The Balaban J connectivity index is 1.32. The predicted octanol–water partition coefficient (Wildman–Crippen LogP) is 3.20. The zero-order chi connectivity index (χ0) is 24.5. The highest BCUT2D eigenvalue weighted by Crippen LogP contribution is 2.39. The van der Waals surface area contributed by atoms with E-state index in [1.807, 2.05) is 48.4 Å². The molecule has 0 spiro atoms. The third-order valence-corrected chi connectivity index (χ3v) is 6.98. The first-order chi connectivity index (χ1) is 16.9. The van der Waals surface area contributed by atoms with Crippen molar-refractivity contribution in [3.05, 3.63) is 53.7 Å². The van der Waals surface area contributed by atoms with Crippen molar-refractivity contribution in [3.8, 4) is 0 Å². The van der Waals surface area contributed by atoms with Crippen LogP contribution in [0.25, 0.3) is 0 Å². The number of rotatable bonds is 8. The summed E-state index contributed by atoms with van der Waals surface area (Å²) in [4.78, 5) is 36.0. The molecule has 1 saturated heterocycles. The first kappa shape index (κ1) is 22.9. The number of aryl methyl sites for hydroxylation is 1. The quantitative estimate of drug-likeness (QED) is 0.476. The lowest BCUT2D eigenvalue weighted by Crippen LogP contribution is -2.45. The van der Waals surface area contributed by atoms with Crippen molar-refractivity contribution >= 4 is 29.1 Å². The monoisotopic (exact) mass is 474 g/mol. The maximum atomic E-state index is 13.0. The third kappa shape index (κ3) is 5.01. The summed E-state index contributed by atoms with van der Waals surface area (Å²) in [5.41, 5.74) is 8.00. The number of anilines is 3. The van der Waals surface area contributed by atoms with Gasteiger partial charge in [0, 0.05) is 44.6 Å². The standard InChI is InChI=1S/C25H30N8O2/c1-15-17(12-21(34)20-8-7-18(13-27-20)16-5-6-16)4-3-10-33(15)25-29-24(22(23(26)35)30-31-25)28-19-9-11-32(2)14-19/h7-9,11,13-17H,3-6,10,12H2,1-2H3,(H2,26,35)(H,28,29,31)/t15-,17+/m1/s1. The minimum atomic E-state index is -0.703. The molecule has 4 heterocycles. The number of aromatic nitrogens is 5. The molecule has 2 aliphatic rings. The number of ketones is 1. The van der Waals surface area contributed by atoms with Crippen molar-refractivity contribution in [3.63, 3.8) is 0 Å². The van der Waals surface area contributed by atoms with E-state index in [2.05, 4.69) is 37.3 Å². The van der Waals surface area contributed by atoms with Crippen molar-refractivity contribution in [1.82, 2.24) is 24.7 Å². The highest BCUT2D eigenvalue weighted by Gasteiger charge is 2.32. The Kier molecular flexibility index (Phi) is 6.19. The number of carbonyl (C=O) groups is 2. The molecule has 1 amide bonds. The maximum Gasteiger partial charge on any atom is 0.273 e. The Labute approximate surface area is 204 Å². The highest BCUT2D eigenvalue weighted by atomic mass is 16.1. The van der Waals surface area contributed by atoms with Crippen molar-refractivity contribution < 1.29 is 9.59 Å². The van der Waals surface area contributed by atoms with Crippen LogP contribution in [0.4, 0.5) is 17.5 Å². The molecule has 1 saturated carbocycles. The van der Waals surface area contributed by atoms with Crippen LogP contribution in [-0.2, 0) is 7.05 Å². The van der Waals surface area contributed by atoms with Gasteiger partial charge in [0.2, 0.25) is 5.95 Å². The van der Waals surface area contributed by atoms with Crippen LogP contribution in [0.3, 0.4) is 0 Å². The van der Waals surface area contributed by atoms with E-state index in [9.17, 15) is 9.59 Å². The molecule has 182 valence electrons. The number of amides is 1. The fraction of sp³-hybridized carbons (Fsp3) is 0.440. The van der Waals surface area contributed by atoms with Crippen molar-refractivity contribution in [2.24, 2.45) is 18.7 Å². The normalized spacial score (nSPS) is 20.0. The molecule has 3 aromatic heterocycles. The summed E-state index contributed by atoms with van der Waals surface area (Å²) in [5.74, 6) is 0.774. The largest absolute Gasteiger partial charge is 0.364 e. The summed E-state index contributed by atoms with van der Waals surface area (Å²) < 4.78 is 1.88. The number of nitrogens with zero attached hydrogens (tertiary/aromatic N) is 6. The molecule has 1 aliphatic carbocycles. The second-order valence-electron chi connectivity index (χ2n) is 9.58. The molecule has 5 rings (SSSR count). The van der Waals surface area contributed by atoms with E-state index in [0.29, 0.717) is 24.0 Å². The van der Waals surface area contributed by atoms with Gasteiger partial charge in [0.05, 0.1) is 5.69 Å².